The number of allylic oxidation sites excluding steroid dienone is 2. The van der Waals surface area contributed by atoms with Crippen molar-refractivity contribution in [2.75, 3.05) is 0 Å². The lowest BCUT2D eigenvalue weighted by Crippen LogP contribution is -2.37. The summed E-state index contributed by atoms with van der Waals surface area (Å²) < 4.78 is 2.90. The van der Waals surface area contributed by atoms with Crippen LogP contribution in [0.4, 0.5) is 0 Å². The number of carbonyl (C=O) groups is 2. The number of benzene rings is 1. The van der Waals surface area contributed by atoms with Crippen molar-refractivity contribution in [3.05, 3.63) is 46.4 Å². The van der Waals surface area contributed by atoms with Crippen molar-refractivity contribution in [3.8, 4) is 0 Å². The molecule has 2 aliphatic rings. The van der Waals surface area contributed by atoms with Crippen LogP contribution < -0.4 is 10.0 Å². The number of nitrogens with one attached hydrogen (secondary N) is 2. The predicted molar refractivity (Wildman–Crippen MR) is 102 cm³/mol. The van der Waals surface area contributed by atoms with Crippen LogP contribution in [-0.4, -0.2) is 17.9 Å². The van der Waals surface area contributed by atoms with E-state index in [1.54, 1.807) is 18.2 Å². The van der Waals surface area contributed by atoms with Crippen LogP contribution in [0.15, 0.2) is 35.2 Å². The average Bonchev–Trinajstić information content (AvgIpc) is 2.67. The van der Waals surface area contributed by atoms with Gasteiger partial charge in [0.25, 0.3) is 11.8 Å². The molecule has 0 aliphatic heterocycles. The lowest BCUT2D eigenvalue weighted by Gasteiger charge is -2.23. The Morgan fingerprint density at radius 2 is 1.64 bits per heavy atom. The number of hydrogen-bond donors (Lipinski definition) is 2. The Bertz CT molecular complexity index is 651. The first kappa shape index (κ1) is 18.1. The summed E-state index contributed by atoms with van der Waals surface area (Å²) in [6.45, 7) is 0. The summed E-state index contributed by atoms with van der Waals surface area (Å²) in [6.07, 6.45) is 12.3. The van der Waals surface area contributed by atoms with E-state index in [9.17, 15) is 9.59 Å². The van der Waals surface area contributed by atoms with Gasteiger partial charge in [-0.25, -0.2) is 0 Å². The predicted octanol–water partition coefficient (Wildman–Crippen LogP) is 4.59. The molecule has 1 saturated carbocycles. The highest BCUT2D eigenvalue weighted by Crippen LogP contribution is 2.26. The maximum atomic E-state index is 12.6. The summed E-state index contributed by atoms with van der Waals surface area (Å²) >= 11 is 1.39. The summed E-state index contributed by atoms with van der Waals surface area (Å²) in [5, 5.41) is 3.10. The molecule has 25 heavy (non-hydrogen) atoms. The van der Waals surface area contributed by atoms with E-state index >= 15 is 0 Å². The molecule has 0 saturated heterocycles. The minimum Gasteiger partial charge on any atom is -0.349 e. The highest BCUT2D eigenvalue weighted by atomic mass is 32.2. The van der Waals surface area contributed by atoms with Crippen LogP contribution in [-0.2, 0) is 0 Å². The lowest BCUT2D eigenvalue weighted by atomic mass is 9.95. The van der Waals surface area contributed by atoms with E-state index in [2.05, 4.69) is 16.1 Å². The molecule has 3 rings (SSSR count). The topological polar surface area (TPSA) is 58.2 Å². The molecular weight excluding hydrogens is 332 g/mol. The van der Waals surface area contributed by atoms with Crippen molar-refractivity contribution in [1.29, 1.82) is 0 Å². The first-order valence-electron chi connectivity index (χ1n) is 9.30. The van der Waals surface area contributed by atoms with E-state index in [0.717, 1.165) is 25.7 Å². The highest BCUT2D eigenvalue weighted by Gasteiger charge is 2.21. The number of amides is 2. The molecule has 134 valence electrons. The van der Waals surface area contributed by atoms with Crippen molar-refractivity contribution in [3.63, 3.8) is 0 Å². The van der Waals surface area contributed by atoms with Gasteiger partial charge in [-0.15, -0.1) is 0 Å². The fraction of sp³-hybridized carbons (Fsp3) is 0.500. The van der Waals surface area contributed by atoms with Crippen molar-refractivity contribution in [1.82, 2.24) is 10.0 Å². The number of hydrogen-bond acceptors (Lipinski definition) is 3. The minimum absolute atomic E-state index is 0.139. The Morgan fingerprint density at radius 3 is 2.32 bits per heavy atom. The van der Waals surface area contributed by atoms with Crippen LogP contribution in [0.3, 0.4) is 0 Å². The Morgan fingerprint density at radius 1 is 0.920 bits per heavy atom. The first-order chi connectivity index (χ1) is 12.2. The standard InChI is InChI=1S/C20H26N2O2S/c23-19(21-15-9-3-1-4-10-15)17-13-7-8-14-18(17)20(24)22-25-16-11-5-2-6-12-16/h7-8,11,13-15H,1-6,9-10,12H2,(H,21,23)(H,22,24). The van der Waals surface area contributed by atoms with E-state index in [-0.39, 0.29) is 17.9 Å². The van der Waals surface area contributed by atoms with E-state index in [1.807, 2.05) is 6.07 Å². The second-order valence-electron chi connectivity index (χ2n) is 6.80. The van der Waals surface area contributed by atoms with Gasteiger partial charge >= 0.3 is 0 Å². The summed E-state index contributed by atoms with van der Waals surface area (Å²) in [4.78, 5) is 26.4. The molecule has 0 unspecified atom stereocenters. The molecule has 2 amide bonds. The van der Waals surface area contributed by atoms with Crippen molar-refractivity contribution >= 4 is 23.8 Å². The summed E-state index contributed by atoms with van der Waals surface area (Å²) in [5.41, 5.74) is 0.906. The molecule has 1 aromatic carbocycles. The summed E-state index contributed by atoms with van der Waals surface area (Å²) in [7, 11) is 0. The van der Waals surface area contributed by atoms with Gasteiger partial charge < -0.3 is 5.32 Å². The molecule has 4 nitrogen and oxygen atoms in total. The molecule has 0 heterocycles. The van der Waals surface area contributed by atoms with E-state index < -0.39 is 0 Å². The van der Waals surface area contributed by atoms with Gasteiger partial charge in [0.1, 0.15) is 0 Å². The Balaban J connectivity index is 1.63. The quantitative estimate of drug-likeness (QED) is 0.757. The molecule has 1 aromatic rings. The SMILES string of the molecule is O=C(NSC1=CCCCC1)c1ccccc1C(=O)NC1CCCCC1. The minimum atomic E-state index is -0.203. The molecular formula is C20H26N2O2S. The molecule has 0 aromatic heterocycles. The molecule has 1 fully saturated rings. The second kappa shape index (κ2) is 9.09. The third-order valence-electron chi connectivity index (χ3n) is 4.88. The lowest BCUT2D eigenvalue weighted by molar-refractivity contribution is 0.0911. The average molecular weight is 359 g/mol. The number of rotatable bonds is 5. The van der Waals surface area contributed by atoms with Gasteiger partial charge in [-0.05, 0) is 62.6 Å². The van der Waals surface area contributed by atoms with Crippen LogP contribution in [0.2, 0.25) is 0 Å². The van der Waals surface area contributed by atoms with Crippen LogP contribution in [0.25, 0.3) is 0 Å². The van der Waals surface area contributed by atoms with Crippen LogP contribution in [0, 0.1) is 0 Å². The fourth-order valence-electron chi connectivity index (χ4n) is 3.46. The molecule has 0 spiro atoms. The largest absolute Gasteiger partial charge is 0.349 e. The molecule has 0 bridgehead atoms. The first-order valence-corrected chi connectivity index (χ1v) is 10.1. The zero-order chi connectivity index (χ0) is 17.5. The Kier molecular flexibility index (Phi) is 6.56. The Hall–Kier alpha value is -1.75. The van der Waals surface area contributed by atoms with Gasteiger partial charge in [0, 0.05) is 10.9 Å². The van der Waals surface area contributed by atoms with Gasteiger partial charge in [-0.1, -0.05) is 37.5 Å². The molecule has 2 N–H and O–H groups in total. The van der Waals surface area contributed by atoms with Crippen molar-refractivity contribution in [2.45, 2.75) is 63.8 Å². The zero-order valence-electron chi connectivity index (χ0n) is 14.6. The fourth-order valence-corrected chi connectivity index (χ4v) is 4.24. The van der Waals surface area contributed by atoms with E-state index in [0.29, 0.717) is 11.1 Å². The van der Waals surface area contributed by atoms with Crippen LogP contribution in [0.5, 0.6) is 0 Å². The highest BCUT2D eigenvalue weighted by molar-refractivity contribution is 8.01. The summed E-state index contributed by atoms with van der Waals surface area (Å²) in [6, 6.07) is 7.30. The normalized spacial score (nSPS) is 18.3. The van der Waals surface area contributed by atoms with Crippen LogP contribution >= 0.6 is 11.9 Å². The van der Waals surface area contributed by atoms with Gasteiger partial charge in [0.2, 0.25) is 0 Å². The van der Waals surface area contributed by atoms with Gasteiger partial charge in [0.15, 0.2) is 0 Å². The van der Waals surface area contributed by atoms with Gasteiger partial charge in [-0.3, -0.25) is 14.3 Å². The van der Waals surface area contributed by atoms with Crippen molar-refractivity contribution in [2.24, 2.45) is 0 Å². The zero-order valence-corrected chi connectivity index (χ0v) is 15.4. The van der Waals surface area contributed by atoms with Gasteiger partial charge in [-0.2, -0.15) is 0 Å². The monoisotopic (exact) mass is 358 g/mol. The molecule has 0 radical (unpaired) electrons. The molecule has 5 heteroatoms. The van der Waals surface area contributed by atoms with Crippen molar-refractivity contribution < 1.29 is 9.59 Å². The maximum Gasteiger partial charge on any atom is 0.262 e. The molecule has 0 atom stereocenters. The van der Waals surface area contributed by atoms with E-state index in [1.165, 1.54) is 49.0 Å². The third kappa shape index (κ3) is 5.11. The second-order valence-corrected chi connectivity index (χ2v) is 7.74. The third-order valence-corrected chi connectivity index (χ3v) is 5.80. The van der Waals surface area contributed by atoms with Gasteiger partial charge in [0.05, 0.1) is 11.1 Å². The van der Waals surface area contributed by atoms with Crippen LogP contribution in [0.1, 0.15) is 78.5 Å². The molecule has 2 aliphatic carbocycles. The summed E-state index contributed by atoms with van der Waals surface area (Å²) in [5.74, 6) is -0.342. The van der Waals surface area contributed by atoms with E-state index in [4.69, 9.17) is 0 Å². The maximum absolute atomic E-state index is 12.6. The Labute approximate surface area is 154 Å². The number of carbonyl (C=O) groups excluding carboxylic acids is 2. The smallest absolute Gasteiger partial charge is 0.262 e.